The van der Waals surface area contributed by atoms with E-state index in [0.717, 1.165) is 35.1 Å². The number of phenolic OH excluding ortho intramolecular Hbond substituents is 3. The van der Waals surface area contributed by atoms with E-state index in [2.05, 4.69) is 32.9 Å². The molecule has 1 aliphatic rings. The van der Waals surface area contributed by atoms with Crippen molar-refractivity contribution in [1.82, 2.24) is 0 Å². The fraction of sp³-hybridized carbons (Fsp3) is 0.387. The van der Waals surface area contributed by atoms with Crippen LogP contribution in [0.2, 0.25) is 0 Å². The van der Waals surface area contributed by atoms with Crippen LogP contribution in [0.25, 0.3) is 0 Å². The zero-order chi connectivity index (χ0) is 26.6. The van der Waals surface area contributed by atoms with Crippen LogP contribution in [-0.2, 0) is 12.8 Å². The molecule has 0 spiro atoms. The fourth-order valence-electron chi connectivity index (χ4n) is 4.43. The molecular formula is C31H38O5. The highest BCUT2D eigenvalue weighted by atomic mass is 16.5. The first-order valence-corrected chi connectivity index (χ1v) is 12.5. The normalized spacial score (nSPS) is 15.2. The van der Waals surface area contributed by atoms with Crippen molar-refractivity contribution >= 4 is 5.78 Å². The minimum Gasteiger partial charge on any atom is -0.507 e. The Morgan fingerprint density at radius 1 is 0.944 bits per heavy atom. The molecule has 0 radical (unpaired) electrons. The van der Waals surface area contributed by atoms with Gasteiger partial charge in [-0.2, -0.15) is 0 Å². The molecular weight excluding hydrogens is 452 g/mol. The van der Waals surface area contributed by atoms with E-state index in [1.807, 2.05) is 39.0 Å². The molecule has 0 aromatic heterocycles. The first kappa shape index (κ1) is 27.1. The number of hydrogen-bond donors (Lipinski definition) is 3. The number of hydrogen-bond acceptors (Lipinski definition) is 5. The van der Waals surface area contributed by atoms with E-state index in [0.29, 0.717) is 18.4 Å². The summed E-state index contributed by atoms with van der Waals surface area (Å²) in [6.45, 7) is 12.0. The Hall–Kier alpha value is -3.47. The van der Waals surface area contributed by atoms with Gasteiger partial charge in [-0.25, -0.2) is 0 Å². The van der Waals surface area contributed by atoms with Gasteiger partial charge in [-0.15, -0.1) is 0 Å². The molecule has 0 aliphatic carbocycles. The zero-order valence-corrected chi connectivity index (χ0v) is 22.2. The molecule has 0 unspecified atom stereocenters. The Morgan fingerprint density at radius 3 is 2.28 bits per heavy atom. The number of aromatic hydroxyl groups is 3. The first-order chi connectivity index (χ1) is 17.0. The largest absolute Gasteiger partial charge is 0.507 e. The van der Waals surface area contributed by atoms with Crippen LogP contribution < -0.4 is 4.74 Å². The minimum atomic E-state index is -0.631. The number of Topliss-reactive ketones (excluding diaryl/α,β-unsaturated/α-hetero) is 1. The maximum Gasteiger partial charge on any atom is 0.174 e. The summed E-state index contributed by atoms with van der Waals surface area (Å²) in [7, 11) is 0. The number of rotatable bonds is 8. The molecule has 192 valence electrons. The van der Waals surface area contributed by atoms with Gasteiger partial charge in [0.25, 0.3) is 0 Å². The lowest BCUT2D eigenvalue weighted by molar-refractivity contribution is 0.0843. The van der Waals surface area contributed by atoms with Crippen LogP contribution in [0.3, 0.4) is 0 Å². The Kier molecular flexibility index (Phi) is 8.67. The number of ketones is 1. The van der Waals surface area contributed by atoms with Crippen molar-refractivity contribution in [2.75, 3.05) is 0 Å². The third-order valence-corrected chi connectivity index (χ3v) is 6.59. The molecule has 0 saturated heterocycles. The van der Waals surface area contributed by atoms with Crippen LogP contribution in [0.15, 0.2) is 53.1 Å². The van der Waals surface area contributed by atoms with Gasteiger partial charge in [-0.3, -0.25) is 4.79 Å². The van der Waals surface area contributed by atoms with E-state index in [9.17, 15) is 20.1 Å². The van der Waals surface area contributed by atoms with Gasteiger partial charge in [-0.1, -0.05) is 47.1 Å². The Labute approximate surface area is 214 Å². The minimum absolute atomic E-state index is 0.0339. The summed E-state index contributed by atoms with van der Waals surface area (Å²) in [5, 5.41) is 32.3. The molecule has 1 atom stereocenters. The number of phenols is 3. The molecule has 2 aromatic carbocycles. The number of allylic oxidation sites excluding steroid dienone is 6. The Morgan fingerprint density at radius 2 is 1.61 bits per heavy atom. The summed E-state index contributed by atoms with van der Waals surface area (Å²) in [6.07, 6.45) is 8.35. The van der Waals surface area contributed by atoms with Crippen molar-refractivity contribution in [2.45, 2.75) is 79.8 Å². The SMILES string of the molecule is CC(C)=CCC/C(C)=C/Cc1c([C@@H]2CC(=O)c3c(cc(O)c(CC=C(C)C)c3O)O2)ccc(C)c1O. The van der Waals surface area contributed by atoms with Gasteiger partial charge in [0, 0.05) is 17.2 Å². The van der Waals surface area contributed by atoms with Crippen LogP contribution >= 0.6 is 0 Å². The Balaban J connectivity index is 1.94. The van der Waals surface area contributed by atoms with E-state index in [-0.39, 0.29) is 40.8 Å². The predicted octanol–water partition coefficient (Wildman–Crippen LogP) is 7.56. The number of ether oxygens (including phenoxy) is 1. The lowest BCUT2D eigenvalue weighted by atomic mass is 9.89. The second-order valence-corrected chi connectivity index (χ2v) is 10.2. The van der Waals surface area contributed by atoms with Gasteiger partial charge in [0.15, 0.2) is 5.78 Å². The zero-order valence-electron chi connectivity index (χ0n) is 22.2. The average Bonchev–Trinajstić information content (AvgIpc) is 2.78. The molecule has 5 heteroatoms. The molecule has 0 saturated carbocycles. The van der Waals surface area contributed by atoms with E-state index in [4.69, 9.17) is 4.74 Å². The average molecular weight is 491 g/mol. The summed E-state index contributed by atoms with van der Waals surface area (Å²) in [6, 6.07) is 5.12. The number of carbonyl (C=O) groups is 1. The highest BCUT2D eigenvalue weighted by Crippen LogP contribution is 2.46. The van der Waals surface area contributed by atoms with Crippen molar-refractivity contribution in [1.29, 1.82) is 0 Å². The molecule has 36 heavy (non-hydrogen) atoms. The van der Waals surface area contributed by atoms with Crippen molar-refractivity contribution in [3.05, 3.63) is 81.0 Å². The van der Waals surface area contributed by atoms with Gasteiger partial charge in [0.05, 0.1) is 6.42 Å². The monoisotopic (exact) mass is 490 g/mol. The van der Waals surface area contributed by atoms with Gasteiger partial charge < -0.3 is 20.1 Å². The maximum absolute atomic E-state index is 13.2. The second-order valence-electron chi connectivity index (χ2n) is 10.2. The molecule has 0 bridgehead atoms. The Bertz CT molecular complexity index is 1240. The summed E-state index contributed by atoms with van der Waals surface area (Å²) in [5.74, 6) is -0.235. The summed E-state index contributed by atoms with van der Waals surface area (Å²) in [4.78, 5) is 13.2. The molecule has 1 aliphatic heterocycles. The molecule has 3 N–H and O–H groups in total. The lowest BCUT2D eigenvalue weighted by Crippen LogP contribution is -2.22. The highest BCUT2D eigenvalue weighted by molar-refractivity contribution is 6.03. The predicted molar refractivity (Wildman–Crippen MR) is 144 cm³/mol. The fourth-order valence-corrected chi connectivity index (χ4v) is 4.43. The standard InChI is InChI=1S/C31H38O5/c1-18(2)8-7-9-20(5)11-14-23-22(15-12-21(6)30(23)34)27-17-26(33)29-28(36-27)16-25(32)24(31(29)35)13-10-19(3)4/h8,10-12,15-16,27,32,34-35H,7,9,13-14,17H2,1-6H3/b20-11+/t27-/m0/s1. The molecule has 3 rings (SSSR count). The topological polar surface area (TPSA) is 87.0 Å². The smallest absolute Gasteiger partial charge is 0.174 e. The number of benzene rings is 2. The van der Waals surface area contributed by atoms with E-state index in [1.165, 1.54) is 17.2 Å². The maximum atomic E-state index is 13.2. The first-order valence-electron chi connectivity index (χ1n) is 12.5. The highest BCUT2D eigenvalue weighted by Gasteiger charge is 2.34. The van der Waals surface area contributed by atoms with Crippen LogP contribution in [0, 0.1) is 6.92 Å². The van der Waals surface area contributed by atoms with Crippen molar-refractivity contribution in [3.8, 4) is 23.0 Å². The van der Waals surface area contributed by atoms with E-state index < -0.39 is 6.10 Å². The van der Waals surface area contributed by atoms with Crippen LogP contribution in [0.1, 0.15) is 92.6 Å². The second kappa shape index (κ2) is 11.5. The van der Waals surface area contributed by atoms with Crippen LogP contribution in [-0.4, -0.2) is 21.1 Å². The van der Waals surface area contributed by atoms with Gasteiger partial charge in [0.2, 0.25) is 0 Å². The lowest BCUT2D eigenvalue weighted by Gasteiger charge is -2.29. The number of aryl methyl sites for hydroxylation is 1. The third-order valence-electron chi connectivity index (χ3n) is 6.59. The van der Waals surface area contributed by atoms with Gasteiger partial charge in [0.1, 0.15) is 34.7 Å². The quantitative estimate of drug-likeness (QED) is 0.332. The van der Waals surface area contributed by atoms with E-state index >= 15 is 0 Å². The molecule has 1 heterocycles. The van der Waals surface area contributed by atoms with Crippen molar-refractivity contribution in [3.63, 3.8) is 0 Å². The van der Waals surface area contributed by atoms with Gasteiger partial charge in [-0.05, 0) is 78.4 Å². The number of carbonyl (C=O) groups excluding carboxylic acids is 1. The van der Waals surface area contributed by atoms with Crippen molar-refractivity contribution in [2.24, 2.45) is 0 Å². The molecule has 5 nitrogen and oxygen atoms in total. The van der Waals surface area contributed by atoms with Crippen LogP contribution in [0.5, 0.6) is 23.0 Å². The van der Waals surface area contributed by atoms with E-state index in [1.54, 1.807) is 0 Å². The molecule has 0 amide bonds. The van der Waals surface area contributed by atoms with Crippen LogP contribution in [0.4, 0.5) is 0 Å². The summed E-state index contributed by atoms with van der Waals surface area (Å²) in [5.41, 5.74) is 6.20. The van der Waals surface area contributed by atoms with Crippen molar-refractivity contribution < 1.29 is 24.9 Å². The summed E-state index contributed by atoms with van der Waals surface area (Å²) < 4.78 is 6.17. The summed E-state index contributed by atoms with van der Waals surface area (Å²) >= 11 is 0. The number of fused-ring (bicyclic) bond motifs is 1. The molecule has 2 aromatic rings. The van der Waals surface area contributed by atoms with Gasteiger partial charge >= 0.3 is 0 Å². The third kappa shape index (κ3) is 6.20. The molecule has 0 fully saturated rings.